The average molecular weight is 326 g/mol. The standard InChI is InChI=1S/C13H14N2O4S2/c1-8-2-3-11(20-8)12-10(13(16)17)6-15(14-12)9-4-5-21(18,19)7-9/h2-3,6,9H,4-5,7H2,1H3,(H,16,17). The smallest absolute Gasteiger partial charge is 0.339 e. The van der Waals surface area contributed by atoms with E-state index in [9.17, 15) is 18.3 Å². The highest BCUT2D eigenvalue weighted by Crippen LogP contribution is 2.31. The number of hydrogen-bond donors (Lipinski definition) is 1. The number of sulfone groups is 1. The van der Waals surface area contributed by atoms with Crippen molar-refractivity contribution in [3.63, 3.8) is 0 Å². The summed E-state index contributed by atoms with van der Waals surface area (Å²) in [6, 6.07) is 3.47. The molecule has 1 atom stereocenters. The van der Waals surface area contributed by atoms with Crippen molar-refractivity contribution in [3.05, 3.63) is 28.8 Å². The van der Waals surface area contributed by atoms with E-state index in [1.165, 1.54) is 22.2 Å². The predicted octanol–water partition coefficient (Wildman–Crippen LogP) is 1.98. The summed E-state index contributed by atoms with van der Waals surface area (Å²) in [6.07, 6.45) is 1.92. The zero-order valence-corrected chi connectivity index (χ0v) is 12.9. The van der Waals surface area contributed by atoms with Crippen LogP contribution in [-0.2, 0) is 9.84 Å². The molecule has 21 heavy (non-hydrogen) atoms. The normalized spacial score (nSPS) is 20.7. The fourth-order valence-electron chi connectivity index (χ4n) is 2.46. The Morgan fingerprint density at radius 1 is 1.48 bits per heavy atom. The zero-order chi connectivity index (χ0) is 15.2. The van der Waals surface area contributed by atoms with Crippen LogP contribution in [0.3, 0.4) is 0 Å². The average Bonchev–Trinajstić information content (AvgIpc) is 3.06. The molecular formula is C13H14N2O4S2. The monoisotopic (exact) mass is 326 g/mol. The fraction of sp³-hybridized carbons (Fsp3) is 0.385. The molecule has 3 heterocycles. The Morgan fingerprint density at radius 3 is 2.76 bits per heavy atom. The molecule has 0 amide bonds. The van der Waals surface area contributed by atoms with Crippen molar-refractivity contribution >= 4 is 27.1 Å². The molecule has 0 spiro atoms. The highest BCUT2D eigenvalue weighted by molar-refractivity contribution is 7.91. The second kappa shape index (κ2) is 4.96. The summed E-state index contributed by atoms with van der Waals surface area (Å²) in [6.45, 7) is 1.94. The van der Waals surface area contributed by atoms with Gasteiger partial charge in [-0.3, -0.25) is 4.68 Å². The van der Waals surface area contributed by atoms with Crippen LogP contribution in [0.2, 0.25) is 0 Å². The number of nitrogens with zero attached hydrogens (tertiary/aromatic N) is 2. The van der Waals surface area contributed by atoms with Gasteiger partial charge in [0.15, 0.2) is 9.84 Å². The minimum absolute atomic E-state index is 0.0245. The van der Waals surface area contributed by atoms with Gasteiger partial charge in [0.1, 0.15) is 11.3 Å². The summed E-state index contributed by atoms with van der Waals surface area (Å²) in [4.78, 5) is 13.2. The Balaban J connectivity index is 2.03. The van der Waals surface area contributed by atoms with Gasteiger partial charge in [0.2, 0.25) is 0 Å². The van der Waals surface area contributed by atoms with Crippen LogP contribution < -0.4 is 0 Å². The number of aromatic carboxylic acids is 1. The first-order chi connectivity index (χ1) is 9.85. The number of aromatic nitrogens is 2. The molecule has 2 aromatic heterocycles. The van der Waals surface area contributed by atoms with E-state index in [0.29, 0.717) is 12.1 Å². The summed E-state index contributed by atoms with van der Waals surface area (Å²) in [5.41, 5.74) is 0.519. The van der Waals surface area contributed by atoms with Crippen molar-refractivity contribution in [1.82, 2.24) is 9.78 Å². The third kappa shape index (κ3) is 2.73. The molecule has 112 valence electrons. The number of carboxylic acid groups (broad SMARTS) is 1. The molecule has 0 saturated carbocycles. The van der Waals surface area contributed by atoms with Crippen LogP contribution in [0.4, 0.5) is 0 Å². The summed E-state index contributed by atoms with van der Waals surface area (Å²) in [5, 5.41) is 13.7. The van der Waals surface area contributed by atoms with Crippen LogP contribution in [0, 0.1) is 6.92 Å². The molecule has 1 saturated heterocycles. The molecule has 1 unspecified atom stereocenters. The number of hydrogen-bond acceptors (Lipinski definition) is 5. The first kappa shape index (κ1) is 14.3. The first-order valence-corrected chi connectivity index (χ1v) is 9.09. The third-order valence-electron chi connectivity index (χ3n) is 3.52. The SMILES string of the molecule is Cc1ccc(-c2nn(C3CCS(=O)(=O)C3)cc2C(=O)O)s1. The summed E-state index contributed by atoms with van der Waals surface area (Å²) in [5.74, 6) is -0.896. The van der Waals surface area contributed by atoms with Crippen molar-refractivity contribution in [2.24, 2.45) is 0 Å². The largest absolute Gasteiger partial charge is 0.478 e. The molecule has 2 aromatic rings. The Labute approximate surface area is 126 Å². The summed E-state index contributed by atoms with van der Waals surface area (Å²) in [7, 11) is -3.03. The summed E-state index contributed by atoms with van der Waals surface area (Å²) >= 11 is 1.47. The van der Waals surface area contributed by atoms with Crippen LogP contribution in [0.25, 0.3) is 10.6 Å². The van der Waals surface area contributed by atoms with Crippen LogP contribution >= 0.6 is 11.3 Å². The minimum atomic E-state index is -3.03. The highest BCUT2D eigenvalue weighted by atomic mass is 32.2. The van der Waals surface area contributed by atoms with E-state index in [2.05, 4.69) is 5.10 Å². The molecule has 0 aliphatic carbocycles. The lowest BCUT2D eigenvalue weighted by molar-refractivity contribution is 0.0697. The topological polar surface area (TPSA) is 89.3 Å². The molecule has 0 radical (unpaired) electrons. The molecule has 3 rings (SSSR count). The molecule has 1 aliphatic heterocycles. The van der Waals surface area contributed by atoms with Gasteiger partial charge in [-0.2, -0.15) is 5.10 Å². The lowest BCUT2D eigenvalue weighted by Crippen LogP contribution is -2.11. The molecule has 0 bridgehead atoms. The van der Waals surface area contributed by atoms with Gasteiger partial charge in [0, 0.05) is 11.1 Å². The molecule has 1 N–H and O–H groups in total. The fourth-order valence-corrected chi connectivity index (χ4v) is 5.03. The Bertz CT molecular complexity index is 804. The van der Waals surface area contributed by atoms with Gasteiger partial charge in [0.25, 0.3) is 0 Å². The number of aryl methyl sites for hydroxylation is 1. The summed E-state index contributed by atoms with van der Waals surface area (Å²) < 4.78 is 24.6. The molecule has 1 aliphatic rings. The number of rotatable bonds is 3. The predicted molar refractivity (Wildman–Crippen MR) is 79.5 cm³/mol. The maximum absolute atomic E-state index is 11.6. The van der Waals surface area contributed by atoms with Crippen LogP contribution in [0.15, 0.2) is 18.3 Å². The second-order valence-corrected chi connectivity index (χ2v) is 8.66. The highest BCUT2D eigenvalue weighted by Gasteiger charge is 2.31. The van der Waals surface area contributed by atoms with Crippen molar-refractivity contribution < 1.29 is 18.3 Å². The molecule has 0 aromatic carbocycles. The third-order valence-corrected chi connectivity index (χ3v) is 6.28. The number of thiophene rings is 1. The van der Waals surface area contributed by atoms with Gasteiger partial charge in [0.05, 0.1) is 22.4 Å². The van der Waals surface area contributed by atoms with Gasteiger partial charge >= 0.3 is 5.97 Å². The molecular weight excluding hydrogens is 312 g/mol. The zero-order valence-electron chi connectivity index (χ0n) is 11.3. The first-order valence-electron chi connectivity index (χ1n) is 6.45. The van der Waals surface area contributed by atoms with Gasteiger partial charge in [-0.1, -0.05) is 0 Å². The molecule has 6 nitrogen and oxygen atoms in total. The van der Waals surface area contributed by atoms with E-state index < -0.39 is 15.8 Å². The van der Waals surface area contributed by atoms with E-state index in [-0.39, 0.29) is 23.1 Å². The minimum Gasteiger partial charge on any atom is -0.478 e. The van der Waals surface area contributed by atoms with E-state index >= 15 is 0 Å². The van der Waals surface area contributed by atoms with E-state index in [0.717, 1.165) is 9.75 Å². The van der Waals surface area contributed by atoms with Crippen molar-refractivity contribution in [3.8, 4) is 10.6 Å². The van der Waals surface area contributed by atoms with Gasteiger partial charge in [-0.05, 0) is 25.5 Å². The van der Waals surface area contributed by atoms with Crippen molar-refractivity contribution in [2.75, 3.05) is 11.5 Å². The van der Waals surface area contributed by atoms with Crippen LogP contribution in [0.1, 0.15) is 27.7 Å². The Hall–Kier alpha value is -1.67. The van der Waals surface area contributed by atoms with Crippen LogP contribution in [-0.4, -0.2) is 40.8 Å². The quantitative estimate of drug-likeness (QED) is 0.931. The van der Waals surface area contributed by atoms with Gasteiger partial charge in [-0.25, -0.2) is 13.2 Å². The molecule has 8 heteroatoms. The maximum Gasteiger partial charge on any atom is 0.339 e. The number of carbonyl (C=O) groups is 1. The van der Waals surface area contributed by atoms with Crippen molar-refractivity contribution in [2.45, 2.75) is 19.4 Å². The molecule has 1 fully saturated rings. The lowest BCUT2D eigenvalue weighted by Gasteiger charge is -2.07. The van der Waals surface area contributed by atoms with Gasteiger partial charge < -0.3 is 5.11 Å². The Kier molecular flexibility index (Phi) is 3.37. The number of carboxylic acids is 1. The van der Waals surface area contributed by atoms with E-state index in [1.54, 1.807) is 0 Å². The Morgan fingerprint density at radius 2 is 2.24 bits per heavy atom. The second-order valence-electron chi connectivity index (χ2n) is 5.14. The van der Waals surface area contributed by atoms with Crippen molar-refractivity contribution in [1.29, 1.82) is 0 Å². The van der Waals surface area contributed by atoms with E-state index in [4.69, 9.17) is 0 Å². The maximum atomic E-state index is 11.6. The van der Waals surface area contributed by atoms with E-state index in [1.807, 2.05) is 19.1 Å². The lowest BCUT2D eigenvalue weighted by atomic mass is 10.2. The van der Waals surface area contributed by atoms with Crippen LogP contribution in [0.5, 0.6) is 0 Å². The van der Waals surface area contributed by atoms with Gasteiger partial charge in [-0.15, -0.1) is 11.3 Å².